The Morgan fingerprint density at radius 1 is 0.867 bits per heavy atom. The SMILES string of the molecule is [2H][C@]1([S@](=O)(=NS(=O)(=O)c2ccc(C)cc2)c2ccccc2)O[C@H]1CCc1ccccc1. The largest absolute Gasteiger partial charge is 0.354 e. The molecule has 1 saturated heterocycles. The molecule has 1 heterocycles. The van der Waals surface area contributed by atoms with Crippen LogP contribution in [0.4, 0.5) is 0 Å². The minimum Gasteiger partial charge on any atom is -0.354 e. The molecule has 0 aromatic heterocycles. The minimum absolute atomic E-state index is 0.0631. The van der Waals surface area contributed by atoms with Crippen LogP contribution in [0.5, 0.6) is 0 Å². The Kier molecular flexibility index (Phi) is 5.41. The fraction of sp³-hybridized carbons (Fsp3) is 0.217. The molecule has 0 unspecified atom stereocenters. The van der Waals surface area contributed by atoms with E-state index in [-0.39, 0.29) is 9.79 Å². The number of nitrogens with zero attached hydrogens (tertiary/aromatic N) is 1. The second kappa shape index (κ2) is 8.34. The number of ether oxygens (including phenoxy) is 1. The zero-order valence-corrected chi connectivity index (χ0v) is 18.1. The van der Waals surface area contributed by atoms with Crippen LogP contribution in [-0.2, 0) is 30.9 Å². The van der Waals surface area contributed by atoms with Crippen molar-refractivity contribution in [3.63, 3.8) is 0 Å². The van der Waals surface area contributed by atoms with Gasteiger partial charge in [0.2, 0.25) is 0 Å². The van der Waals surface area contributed by atoms with Gasteiger partial charge in [-0.15, -0.1) is 0 Å². The summed E-state index contributed by atoms with van der Waals surface area (Å²) in [5.74, 6) is 0. The van der Waals surface area contributed by atoms with Gasteiger partial charge in [-0.05, 0) is 49.6 Å². The highest BCUT2D eigenvalue weighted by Crippen LogP contribution is 2.38. The molecule has 0 spiro atoms. The second-order valence-corrected chi connectivity index (χ2v) is 11.1. The molecule has 0 bridgehead atoms. The van der Waals surface area contributed by atoms with Crippen molar-refractivity contribution in [2.24, 2.45) is 3.77 Å². The number of benzene rings is 3. The fourth-order valence-corrected chi connectivity index (χ4v) is 7.21. The predicted molar refractivity (Wildman–Crippen MR) is 117 cm³/mol. The molecule has 30 heavy (non-hydrogen) atoms. The van der Waals surface area contributed by atoms with E-state index in [1.165, 1.54) is 24.3 Å². The van der Waals surface area contributed by atoms with Gasteiger partial charge in [-0.1, -0.05) is 70.0 Å². The Labute approximate surface area is 179 Å². The van der Waals surface area contributed by atoms with Crippen LogP contribution in [-0.4, -0.2) is 24.1 Å². The summed E-state index contributed by atoms with van der Waals surface area (Å²) in [6.45, 7) is 1.84. The molecule has 1 aliphatic rings. The first-order chi connectivity index (χ1) is 14.7. The van der Waals surface area contributed by atoms with E-state index in [0.29, 0.717) is 12.8 Å². The van der Waals surface area contributed by atoms with Gasteiger partial charge in [-0.25, -0.2) is 4.21 Å². The average molecular weight is 443 g/mol. The maximum atomic E-state index is 14.1. The molecule has 7 heteroatoms. The van der Waals surface area contributed by atoms with Gasteiger partial charge in [0.15, 0.2) is 5.41 Å². The third kappa shape index (κ3) is 4.48. The first-order valence-electron chi connectivity index (χ1n) is 10.1. The van der Waals surface area contributed by atoms with Gasteiger partial charge in [0, 0.05) is 0 Å². The van der Waals surface area contributed by atoms with E-state index in [1.807, 2.05) is 37.3 Å². The van der Waals surface area contributed by atoms with Crippen LogP contribution in [0.3, 0.4) is 0 Å². The third-order valence-corrected chi connectivity index (χ3v) is 9.17. The van der Waals surface area contributed by atoms with Crippen molar-refractivity contribution < 1.29 is 18.7 Å². The highest BCUT2D eigenvalue weighted by molar-refractivity contribution is 8.03. The first-order valence-corrected chi connectivity index (χ1v) is 12.6. The van der Waals surface area contributed by atoms with E-state index in [2.05, 4.69) is 3.77 Å². The topological polar surface area (TPSA) is 76.1 Å². The van der Waals surface area contributed by atoms with Crippen LogP contribution in [0.25, 0.3) is 0 Å². The maximum Gasteiger partial charge on any atom is 0.290 e. The Morgan fingerprint density at radius 3 is 2.10 bits per heavy atom. The molecule has 0 amide bonds. The lowest BCUT2D eigenvalue weighted by Crippen LogP contribution is -2.15. The molecule has 0 radical (unpaired) electrons. The number of hydrogen-bond acceptors (Lipinski definition) is 4. The monoisotopic (exact) mass is 442 g/mol. The van der Waals surface area contributed by atoms with E-state index in [0.717, 1.165) is 11.1 Å². The van der Waals surface area contributed by atoms with Crippen molar-refractivity contribution in [2.75, 3.05) is 0 Å². The molecule has 156 valence electrons. The normalized spacial score (nSPS) is 23.2. The Balaban J connectivity index is 1.72. The molecular formula is C23H23NO4S2. The van der Waals surface area contributed by atoms with Crippen molar-refractivity contribution in [3.05, 3.63) is 96.1 Å². The number of aryl methyl sites for hydroxylation is 2. The van der Waals surface area contributed by atoms with E-state index in [4.69, 9.17) is 6.11 Å². The molecule has 0 N–H and O–H groups in total. The lowest BCUT2D eigenvalue weighted by molar-refractivity contribution is 0.386. The van der Waals surface area contributed by atoms with Crippen LogP contribution in [0.1, 0.15) is 18.9 Å². The van der Waals surface area contributed by atoms with Crippen LogP contribution in [0.15, 0.2) is 98.5 Å². The lowest BCUT2D eigenvalue weighted by Gasteiger charge is -2.09. The van der Waals surface area contributed by atoms with Gasteiger partial charge >= 0.3 is 0 Å². The smallest absolute Gasteiger partial charge is 0.290 e. The minimum atomic E-state index is -4.27. The van der Waals surface area contributed by atoms with Gasteiger partial charge in [-0.2, -0.15) is 8.42 Å². The number of hydrogen-bond donors (Lipinski definition) is 0. The van der Waals surface area contributed by atoms with E-state index in [1.54, 1.807) is 30.3 Å². The molecule has 0 saturated carbocycles. The predicted octanol–water partition coefficient (Wildman–Crippen LogP) is 4.57. The lowest BCUT2D eigenvalue weighted by atomic mass is 10.1. The van der Waals surface area contributed by atoms with Crippen molar-refractivity contribution >= 4 is 19.8 Å². The molecule has 4 rings (SSSR count). The van der Waals surface area contributed by atoms with Crippen LogP contribution >= 0.6 is 0 Å². The standard InChI is InChI=1S/C23H23NO4S2/c1-18-12-15-21(16-13-18)30(26,27)24-29(25,20-10-6-3-7-11-20)23-22(28-23)17-14-19-8-4-2-5-9-19/h2-13,15-16,22-23H,14,17H2,1H3/t22-,23+,29-/m0/s1/i23D. The molecule has 0 aliphatic carbocycles. The summed E-state index contributed by atoms with van der Waals surface area (Å²) in [6, 6.07) is 23.9. The molecule has 1 fully saturated rings. The van der Waals surface area contributed by atoms with Gasteiger partial charge < -0.3 is 4.74 Å². The summed E-state index contributed by atoms with van der Waals surface area (Å²) in [4.78, 5) is 0.106. The van der Waals surface area contributed by atoms with Gasteiger partial charge in [0.1, 0.15) is 9.73 Å². The van der Waals surface area contributed by atoms with Crippen LogP contribution < -0.4 is 0 Å². The van der Waals surface area contributed by atoms with Crippen molar-refractivity contribution in [3.8, 4) is 0 Å². The summed E-state index contributed by atoms with van der Waals surface area (Å²) in [6.07, 6.45) is 0.385. The average Bonchev–Trinajstić information content (AvgIpc) is 3.45. The zero-order chi connectivity index (χ0) is 22.1. The van der Waals surface area contributed by atoms with Crippen LogP contribution in [0.2, 0.25) is 0 Å². The number of epoxide rings is 1. The van der Waals surface area contributed by atoms with E-state index in [9.17, 15) is 12.6 Å². The molecule has 1 aliphatic heterocycles. The van der Waals surface area contributed by atoms with E-state index >= 15 is 0 Å². The number of sulfonamides is 1. The van der Waals surface area contributed by atoms with Gasteiger partial charge in [-0.3, -0.25) is 0 Å². The fourth-order valence-electron chi connectivity index (χ4n) is 3.16. The quantitative estimate of drug-likeness (QED) is 0.502. The zero-order valence-electron chi connectivity index (χ0n) is 17.5. The summed E-state index contributed by atoms with van der Waals surface area (Å²) < 4.78 is 58.3. The summed E-state index contributed by atoms with van der Waals surface area (Å²) in [5, 5.41) is 0. The van der Waals surface area contributed by atoms with Crippen molar-refractivity contribution in [2.45, 2.75) is 41.1 Å². The van der Waals surface area contributed by atoms with Crippen molar-refractivity contribution in [1.82, 2.24) is 0 Å². The number of rotatable bonds is 7. The Bertz CT molecular complexity index is 1290. The molecule has 3 aromatic rings. The van der Waals surface area contributed by atoms with Crippen molar-refractivity contribution in [1.29, 1.82) is 0 Å². The van der Waals surface area contributed by atoms with Crippen LogP contribution in [0, 0.1) is 6.92 Å². The first kappa shape index (κ1) is 19.5. The summed E-state index contributed by atoms with van der Waals surface area (Å²) in [5.41, 5.74) is 0.0305. The maximum absolute atomic E-state index is 14.1. The molecular weight excluding hydrogens is 418 g/mol. The van der Waals surface area contributed by atoms with E-state index < -0.39 is 31.3 Å². The second-order valence-electron chi connectivity index (χ2n) is 7.15. The highest BCUT2D eigenvalue weighted by Gasteiger charge is 2.48. The highest BCUT2D eigenvalue weighted by atomic mass is 32.3. The molecule has 3 aromatic carbocycles. The van der Waals surface area contributed by atoms with Gasteiger partial charge in [0.05, 0.1) is 17.3 Å². The summed E-state index contributed by atoms with van der Waals surface area (Å²) >= 11 is 0. The molecule has 5 nitrogen and oxygen atoms in total. The third-order valence-electron chi connectivity index (χ3n) is 4.86. The summed E-state index contributed by atoms with van der Waals surface area (Å²) in [7, 11) is -8.03. The molecule has 3 atom stereocenters. The Morgan fingerprint density at radius 2 is 1.47 bits per heavy atom. The van der Waals surface area contributed by atoms with Gasteiger partial charge in [0.25, 0.3) is 10.0 Å². The Hall–Kier alpha value is -2.48.